The first-order valence-corrected chi connectivity index (χ1v) is 10.5. The van der Waals surface area contributed by atoms with Crippen LogP contribution in [0.1, 0.15) is 18.9 Å². The van der Waals surface area contributed by atoms with E-state index in [4.69, 9.17) is 60.6 Å². The summed E-state index contributed by atoms with van der Waals surface area (Å²) in [5.41, 5.74) is 0.930. The number of carbonyl (C=O) groups excluding carboxylic acids is 1. The van der Waals surface area contributed by atoms with Crippen molar-refractivity contribution in [2.24, 2.45) is 0 Å². The van der Waals surface area contributed by atoms with Crippen molar-refractivity contribution >= 4 is 58.3 Å². The maximum absolute atomic E-state index is 11.0. The van der Waals surface area contributed by atoms with Crippen LogP contribution in [0, 0.1) is 0 Å². The van der Waals surface area contributed by atoms with Gasteiger partial charge in [0.15, 0.2) is 11.5 Å². The second-order valence-electron chi connectivity index (χ2n) is 6.08. The lowest BCUT2D eigenvalue weighted by Crippen LogP contribution is -2.05. The lowest BCUT2D eigenvalue weighted by atomic mass is 10.2. The molecule has 0 saturated heterocycles. The molecule has 0 saturated carbocycles. The highest BCUT2D eigenvalue weighted by molar-refractivity contribution is 6.55. The molecule has 2 aromatic rings. The van der Waals surface area contributed by atoms with Crippen molar-refractivity contribution in [2.45, 2.75) is 13.3 Å². The number of allylic oxidation sites excluding steroid dienone is 1. The van der Waals surface area contributed by atoms with Crippen LogP contribution in [0.4, 0.5) is 0 Å². The zero-order valence-corrected chi connectivity index (χ0v) is 19.2. The van der Waals surface area contributed by atoms with E-state index >= 15 is 0 Å². The summed E-state index contributed by atoms with van der Waals surface area (Å²) >= 11 is 23.5. The third-order valence-electron chi connectivity index (χ3n) is 3.65. The van der Waals surface area contributed by atoms with Crippen LogP contribution in [0.25, 0.3) is 6.08 Å². The van der Waals surface area contributed by atoms with Crippen molar-refractivity contribution in [3.63, 3.8) is 0 Å². The SMILES string of the molecule is CC(=O)C=Cc1ccc(OCCCOc2c(Cl)cc(OCC=C(Cl)Cl)cc2Cl)cc1. The summed E-state index contributed by atoms with van der Waals surface area (Å²) in [6, 6.07) is 10.7. The molecule has 0 radical (unpaired) electrons. The maximum atomic E-state index is 11.0. The summed E-state index contributed by atoms with van der Waals surface area (Å²) in [4.78, 5) is 11.0. The van der Waals surface area contributed by atoms with E-state index in [-0.39, 0.29) is 16.9 Å². The summed E-state index contributed by atoms with van der Waals surface area (Å²) in [5, 5.41) is 0.683. The number of rotatable bonds is 11. The second kappa shape index (κ2) is 12.8. The van der Waals surface area contributed by atoms with E-state index in [1.54, 1.807) is 18.2 Å². The Hall–Kier alpha value is -1.85. The highest BCUT2D eigenvalue weighted by Crippen LogP contribution is 2.37. The van der Waals surface area contributed by atoms with Crippen molar-refractivity contribution < 1.29 is 19.0 Å². The molecule has 0 bridgehead atoms. The third kappa shape index (κ3) is 8.88. The fraction of sp³-hybridized carbons (Fsp3) is 0.227. The summed E-state index contributed by atoms with van der Waals surface area (Å²) in [6.45, 7) is 2.55. The Bertz CT molecular complexity index is 881. The van der Waals surface area contributed by atoms with Gasteiger partial charge in [-0.2, -0.15) is 0 Å². The van der Waals surface area contributed by atoms with Crippen molar-refractivity contribution in [1.82, 2.24) is 0 Å². The lowest BCUT2D eigenvalue weighted by molar-refractivity contribution is -0.112. The number of hydrogen-bond acceptors (Lipinski definition) is 4. The zero-order valence-electron chi connectivity index (χ0n) is 16.2. The van der Waals surface area contributed by atoms with Gasteiger partial charge in [-0.15, -0.1) is 0 Å². The standard InChI is InChI=1S/C22H20Cl4O4/c1-15(27)3-4-16-5-7-17(8-6-16)28-10-2-11-30-22-19(23)13-18(14-20(22)24)29-12-9-21(25)26/h3-9,13-14H,2,10-12H2,1H3. The average Bonchev–Trinajstić information content (AvgIpc) is 2.68. The topological polar surface area (TPSA) is 44.8 Å². The van der Waals surface area contributed by atoms with Crippen LogP contribution in [-0.2, 0) is 4.79 Å². The van der Waals surface area contributed by atoms with Gasteiger partial charge in [-0.25, -0.2) is 0 Å². The Morgan fingerprint density at radius 1 is 0.933 bits per heavy atom. The molecule has 0 heterocycles. The van der Waals surface area contributed by atoms with E-state index in [2.05, 4.69) is 0 Å². The van der Waals surface area contributed by atoms with Crippen LogP contribution in [-0.4, -0.2) is 25.6 Å². The summed E-state index contributed by atoms with van der Waals surface area (Å²) in [5.74, 6) is 1.61. The number of ether oxygens (including phenoxy) is 3. The summed E-state index contributed by atoms with van der Waals surface area (Å²) in [6.07, 6.45) is 5.42. The number of ketones is 1. The summed E-state index contributed by atoms with van der Waals surface area (Å²) in [7, 11) is 0. The van der Waals surface area contributed by atoms with Gasteiger partial charge in [0.05, 0.1) is 23.3 Å². The van der Waals surface area contributed by atoms with Crippen molar-refractivity contribution in [2.75, 3.05) is 19.8 Å². The molecule has 0 amide bonds. The molecule has 0 aliphatic carbocycles. The number of halogens is 4. The molecule has 2 rings (SSSR count). The van der Waals surface area contributed by atoms with Gasteiger partial charge in [0.1, 0.15) is 22.6 Å². The molecule has 2 aromatic carbocycles. The monoisotopic (exact) mass is 488 g/mol. The smallest absolute Gasteiger partial charge is 0.156 e. The molecule has 0 aromatic heterocycles. The van der Waals surface area contributed by atoms with Gasteiger partial charge >= 0.3 is 0 Å². The molecular weight excluding hydrogens is 470 g/mol. The normalized spacial score (nSPS) is 10.7. The van der Waals surface area contributed by atoms with Gasteiger partial charge in [-0.1, -0.05) is 64.6 Å². The molecular formula is C22H20Cl4O4. The van der Waals surface area contributed by atoms with Gasteiger partial charge < -0.3 is 14.2 Å². The third-order valence-corrected chi connectivity index (χ3v) is 4.52. The quantitative estimate of drug-likeness (QED) is 0.248. The molecule has 160 valence electrons. The van der Waals surface area contributed by atoms with Crippen molar-refractivity contribution in [3.05, 3.63) is 68.7 Å². The Balaban J connectivity index is 1.77. The minimum absolute atomic E-state index is 0.00564. The van der Waals surface area contributed by atoms with Crippen LogP contribution < -0.4 is 14.2 Å². The average molecular weight is 490 g/mol. The summed E-state index contributed by atoms with van der Waals surface area (Å²) < 4.78 is 16.9. The molecule has 0 unspecified atom stereocenters. The largest absolute Gasteiger partial charge is 0.493 e. The van der Waals surface area contributed by atoms with E-state index in [9.17, 15) is 4.79 Å². The van der Waals surface area contributed by atoms with Gasteiger partial charge in [-0.05, 0) is 36.8 Å². The van der Waals surface area contributed by atoms with E-state index in [0.29, 0.717) is 41.2 Å². The van der Waals surface area contributed by atoms with Crippen LogP contribution in [0.2, 0.25) is 10.0 Å². The van der Waals surface area contributed by atoms with Gasteiger partial charge in [-0.3, -0.25) is 4.79 Å². The van der Waals surface area contributed by atoms with Crippen molar-refractivity contribution in [3.8, 4) is 17.2 Å². The minimum Gasteiger partial charge on any atom is -0.493 e. The molecule has 4 nitrogen and oxygen atoms in total. The fourth-order valence-corrected chi connectivity index (χ4v) is 2.97. The first-order chi connectivity index (χ1) is 14.3. The Labute approximate surface area is 195 Å². The van der Waals surface area contributed by atoms with E-state index < -0.39 is 0 Å². The molecule has 0 spiro atoms. The van der Waals surface area contributed by atoms with Crippen LogP contribution >= 0.6 is 46.4 Å². The number of carbonyl (C=O) groups is 1. The molecule has 0 aliphatic rings. The van der Waals surface area contributed by atoms with Gasteiger partial charge in [0.25, 0.3) is 0 Å². The first-order valence-electron chi connectivity index (χ1n) is 9.02. The van der Waals surface area contributed by atoms with Crippen molar-refractivity contribution in [1.29, 1.82) is 0 Å². The molecule has 0 aliphatic heterocycles. The lowest BCUT2D eigenvalue weighted by Gasteiger charge is -2.12. The molecule has 0 fully saturated rings. The Morgan fingerprint density at radius 3 is 2.17 bits per heavy atom. The van der Waals surface area contributed by atoms with E-state index in [1.807, 2.05) is 24.3 Å². The van der Waals surface area contributed by atoms with E-state index in [1.165, 1.54) is 19.1 Å². The van der Waals surface area contributed by atoms with Gasteiger partial charge in [0, 0.05) is 18.6 Å². The van der Waals surface area contributed by atoms with Crippen LogP contribution in [0.15, 0.2) is 53.0 Å². The predicted octanol–water partition coefficient (Wildman–Crippen LogP) is 7.14. The molecule has 0 N–H and O–H groups in total. The van der Waals surface area contributed by atoms with Crippen LogP contribution in [0.3, 0.4) is 0 Å². The zero-order chi connectivity index (χ0) is 21.9. The van der Waals surface area contributed by atoms with Gasteiger partial charge in [0.2, 0.25) is 0 Å². The molecule has 30 heavy (non-hydrogen) atoms. The first kappa shape index (κ1) is 24.4. The molecule has 8 heteroatoms. The number of hydrogen-bond donors (Lipinski definition) is 0. The highest BCUT2D eigenvalue weighted by Gasteiger charge is 2.10. The second-order valence-corrected chi connectivity index (χ2v) is 7.91. The van der Waals surface area contributed by atoms with E-state index in [0.717, 1.165) is 11.3 Å². The predicted molar refractivity (Wildman–Crippen MR) is 124 cm³/mol. The molecule has 0 atom stereocenters. The number of benzene rings is 2. The highest BCUT2D eigenvalue weighted by atomic mass is 35.5. The Morgan fingerprint density at radius 2 is 1.57 bits per heavy atom. The Kier molecular flexibility index (Phi) is 10.4. The fourth-order valence-electron chi connectivity index (χ4n) is 2.27. The minimum atomic E-state index is 0.00564. The maximum Gasteiger partial charge on any atom is 0.156 e. The van der Waals surface area contributed by atoms with Crippen LogP contribution in [0.5, 0.6) is 17.2 Å².